The van der Waals surface area contributed by atoms with E-state index < -0.39 is 0 Å². The summed E-state index contributed by atoms with van der Waals surface area (Å²) in [6.07, 6.45) is 3.36. The molecule has 0 saturated heterocycles. The summed E-state index contributed by atoms with van der Waals surface area (Å²) in [7, 11) is 0. The topological polar surface area (TPSA) is 68.8 Å². The number of aromatic nitrogens is 3. The standard InChI is InChI=1S/C13H12ClN5/c14-11-6-16-19(8-11)7-10-5-9-3-1-2-4-12(9)17-13(10)18-15/h1-6,8H,7,15H2,(H,17,18). The molecule has 96 valence electrons. The van der Waals surface area contributed by atoms with Crippen molar-refractivity contribution in [1.29, 1.82) is 0 Å². The van der Waals surface area contributed by atoms with Crippen molar-refractivity contribution in [3.8, 4) is 0 Å². The molecule has 19 heavy (non-hydrogen) atoms. The lowest BCUT2D eigenvalue weighted by Crippen LogP contribution is -2.13. The number of rotatable bonds is 3. The van der Waals surface area contributed by atoms with Gasteiger partial charge in [0.2, 0.25) is 0 Å². The second-order valence-electron chi connectivity index (χ2n) is 4.19. The van der Waals surface area contributed by atoms with Crippen LogP contribution >= 0.6 is 11.6 Å². The van der Waals surface area contributed by atoms with Gasteiger partial charge in [-0.15, -0.1) is 0 Å². The predicted molar refractivity (Wildman–Crippen MR) is 75.9 cm³/mol. The van der Waals surface area contributed by atoms with Crippen LogP contribution in [0.2, 0.25) is 5.02 Å². The Balaban J connectivity index is 2.05. The molecule has 5 nitrogen and oxygen atoms in total. The van der Waals surface area contributed by atoms with Gasteiger partial charge in [-0.05, 0) is 12.1 Å². The number of nitrogens with one attached hydrogen (secondary N) is 1. The largest absolute Gasteiger partial charge is 0.308 e. The van der Waals surface area contributed by atoms with Crippen LogP contribution < -0.4 is 11.3 Å². The summed E-state index contributed by atoms with van der Waals surface area (Å²) in [5, 5.41) is 5.83. The zero-order chi connectivity index (χ0) is 13.2. The molecular weight excluding hydrogens is 262 g/mol. The van der Waals surface area contributed by atoms with E-state index in [0.717, 1.165) is 16.5 Å². The first-order chi connectivity index (χ1) is 9.26. The number of hydrogen-bond acceptors (Lipinski definition) is 4. The van der Waals surface area contributed by atoms with Crippen molar-refractivity contribution in [3.05, 3.63) is 53.3 Å². The fraction of sp³-hybridized carbons (Fsp3) is 0.0769. The van der Waals surface area contributed by atoms with Gasteiger partial charge in [-0.3, -0.25) is 4.68 Å². The lowest BCUT2D eigenvalue weighted by molar-refractivity contribution is 0.686. The van der Waals surface area contributed by atoms with E-state index in [0.29, 0.717) is 17.4 Å². The number of anilines is 1. The Morgan fingerprint density at radius 1 is 1.32 bits per heavy atom. The molecule has 0 fully saturated rings. The maximum Gasteiger partial charge on any atom is 0.145 e. The molecule has 3 rings (SSSR count). The molecule has 0 aliphatic rings. The molecule has 0 saturated carbocycles. The van der Waals surface area contributed by atoms with Gasteiger partial charge in [0.05, 0.1) is 23.3 Å². The van der Waals surface area contributed by atoms with Crippen LogP contribution in [-0.2, 0) is 6.54 Å². The molecule has 0 bridgehead atoms. The van der Waals surface area contributed by atoms with Gasteiger partial charge in [0.25, 0.3) is 0 Å². The number of nitrogen functional groups attached to an aromatic ring is 1. The van der Waals surface area contributed by atoms with E-state index >= 15 is 0 Å². The number of nitrogens with zero attached hydrogens (tertiary/aromatic N) is 3. The smallest absolute Gasteiger partial charge is 0.145 e. The van der Waals surface area contributed by atoms with Gasteiger partial charge in [-0.1, -0.05) is 29.8 Å². The molecule has 2 heterocycles. The van der Waals surface area contributed by atoms with Crippen LogP contribution in [0, 0.1) is 0 Å². The lowest BCUT2D eigenvalue weighted by atomic mass is 10.1. The zero-order valence-corrected chi connectivity index (χ0v) is 10.8. The molecule has 0 atom stereocenters. The van der Waals surface area contributed by atoms with Crippen LogP contribution in [0.25, 0.3) is 10.9 Å². The fourth-order valence-electron chi connectivity index (χ4n) is 2.00. The second-order valence-corrected chi connectivity index (χ2v) is 4.63. The Bertz CT molecular complexity index is 722. The molecule has 0 unspecified atom stereocenters. The third-order valence-corrected chi connectivity index (χ3v) is 3.07. The van der Waals surface area contributed by atoms with Gasteiger partial charge in [0.15, 0.2) is 0 Å². The summed E-state index contributed by atoms with van der Waals surface area (Å²) in [6.45, 7) is 0.560. The summed E-state index contributed by atoms with van der Waals surface area (Å²) in [5.41, 5.74) is 4.49. The van der Waals surface area contributed by atoms with Crippen molar-refractivity contribution in [1.82, 2.24) is 14.8 Å². The number of fused-ring (bicyclic) bond motifs is 1. The highest BCUT2D eigenvalue weighted by Gasteiger charge is 2.07. The summed E-state index contributed by atoms with van der Waals surface area (Å²) in [4.78, 5) is 4.49. The second kappa shape index (κ2) is 4.87. The van der Waals surface area contributed by atoms with Gasteiger partial charge in [-0.2, -0.15) is 5.10 Å². The van der Waals surface area contributed by atoms with Crippen LogP contribution in [0.5, 0.6) is 0 Å². The molecule has 3 N–H and O–H groups in total. The highest BCUT2D eigenvalue weighted by atomic mass is 35.5. The normalized spacial score (nSPS) is 10.8. The third-order valence-electron chi connectivity index (χ3n) is 2.87. The first-order valence-electron chi connectivity index (χ1n) is 5.79. The Morgan fingerprint density at radius 3 is 2.89 bits per heavy atom. The first kappa shape index (κ1) is 12.0. The number of benzene rings is 1. The maximum atomic E-state index is 5.86. The van der Waals surface area contributed by atoms with E-state index in [9.17, 15) is 0 Å². The first-order valence-corrected chi connectivity index (χ1v) is 6.17. The summed E-state index contributed by atoms with van der Waals surface area (Å²) in [6, 6.07) is 9.94. The highest BCUT2D eigenvalue weighted by molar-refractivity contribution is 6.30. The van der Waals surface area contributed by atoms with Crippen LogP contribution in [-0.4, -0.2) is 14.8 Å². The average Bonchev–Trinajstić information content (AvgIpc) is 2.83. The highest BCUT2D eigenvalue weighted by Crippen LogP contribution is 2.21. The van der Waals surface area contributed by atoms with Crippen molar-refractivity contribution in [2.75, 3.05) is 5.43 Å². The Morgan fingerprint density at radius 2 is 2.16 bits per heavy atom. The Kier molecular flexibility index (Phi) is 3.06. The van der Waals surface area contributed by atoms with E-state index in [1.807, 2.05) is 30.3 Å². The minimum Gasteiger partial charge on any atom is -0.308 e. The SMILES string of the molecule is NNc1nc2ccccc2cc1Cn1cc(Cl)cn1. The van der Waals surface area contributed by atoms with E-state index in [-0.39, 0.29) is 0 Å². The van der Waals surface area contributed by atoms with Gasteiger partial charge >= 0.3 is 0 Å². The number of hydrazine groups is 1. The quantitative estimate of drug-likeness (QED) is 0.568. The van der Waals surface area contributed by atoms with Gasteiger partial charge in [0, 0.05) is 17.1 Å². The van der Waals surface area contributed by atoms with E-state index in [4.69, 9.17) is 17.4 Å². The number of hydrogen-bond donors (Lipinski definition) is 2. The summed E-state index contributed by atoms with van der Waals surface area (Å²) >= 11 is 5.86. The third kappa shape index (κ3) is 2.38. The van der Waals surface area contributed by atoms with E-state index in [1.54, 1.807) is 17.1 Å². The van der Waals surface area contributed by atoms with Crippen LogP contribution in [0.4, 0.5) is 5.82 Å². The molecule has 0 amide bonds. The van der Waals surface area contributed by atoms with E-state index in [1.165, 1.54) is 0 Å². The van der Waals surface area contributed by atoms with Crippen molar-refractivity contribution in [2.24, 2.45) is 5.84 Å². The van der Waals surface area contributed by atoms with Gasteiger partial charge in [-0.25, -0.2) is 10.8 Å². The fourth-order valence-corrected chi connectivity index (χ4v) is 2.16. The molecular formula is C13H12ClN5. The van der Waals surface area contributed by atoms with Crippen LogP contribution in [0.15, 0.2) is 42.7 Å². The van der Waals surface area contributed by atoms with Crippen LogP contribution in [0.1, 0.15) is 5.56 Å². The summed E-state index contributed by atoms with van der Waals surface area (Å²) in [5.74, 6) is 6.18. The van der Waals surface area contributed by atoms with Crippen molar-refractivity contribution >= 4 is 28.3 Å². The molecule has 1 aromatic carbocycles. The molecule has 3 aromatic rings. The van der Waals surface area contributed by atoms with Crippen molar-refractivity contribution < 1.29 is 0 Å². The van der Waals surface area contributed by atoms with Crippen molar-refractivity contribution in [3.63, 3.8) is 0 Å². The average molecular weight is 274 g/mol. The molecule has 0 radical (unpaired) electrons. The summed E-state index contributed by atoms with van der Waals surface area (Å²) < 4.78 is 1.74. The zero-order valence-electron chi connectivity index (χ0n) is 10.0. The van der Waals surface area contributed by atoms with E-state index in [2.05, 4.69) is 15.5 Å². The molecule has 6 heteroatoms. The molecule has 0 spiro atoms. The van der Waals surface area contributed by atoms with Crippen LogP contribution in [0.3, 0.4) is 0 Å². The number of para-hydroxylation sites is 1. The number of nitrogens with two attached hydrogens (primary N) is 1. The number of halogens is 1. The lowest BCUT2D eigenvalue weighted by Gasteiger charge is -2.10. The molecule has 0 aliphatic carbocycles. The molecule has 0 aliphatic heterocycles. The monoisotopic (exact) mass is 273 g/mol. The molecule has 2 aromatic heterocycles. The Hall–Kier alpha value is -2.11. The minimum atomic E-state index is 0.560. The van der Waals surface area contributed by atoms with Crippen molar-refractivity contribution in [2.45, 2.75) is 6.54 Å². The Labute approximate surface area is 115 Å². The number of pyridine rings is 1. The minimum absolute atomic E-state index is 0.560. The van der Waals surface area contributed by atoms with Gasteiger partial charge < -0.3 is 5.43 Å². The predicted octanol–water partition coefficient (Wildman–Crippen LogP) is 2.42. The van der Waals surface area contributed by atoms with Gasteiger partial charge in [0.1, 0.15) is 5.82 Å². The maximum absolute atomic E-state index is 5.86.